The van der Waals surface area contributed by atoms with Crippen LogP contribution in [-0.2, 0) is 4.79 Å². The van der Waals surface area contributed by atoms with Crippen molar-refractivity contribution in [1.82, 2.24) is 5.32 Å². The Kier molecular flexibility index (Phi) is 7.48. The molecule has 14 heavy (non-hydrogen) atoms. The van der Waals surface area contributed by atoms with Crippen LogP contribution in [0.15, 0.2) is 0 Å². The zero-order valence-corrected chi connectivity index (χ0v) is 9.55. The van der Waals surface area contributed by atoms with Crippen LogP contribution >= 0.6 is 0 Å². The number of nitrogens with one attached hydrogen (secondary N) is 1. The van der Waals surface area contributed by atoms with Crippen LogP contribution in [0.4, 0.5) is 0 Å². The number of aliphatic hydroxyl groups excluding tert-OH is 1. The highest BCUT2D eigenvalue weighted by molar-refractivity contribution is 5.78. The number of aliphatic hydroxyl groups is 1. The van der Waals surface area contributed by atoms with Crippen LogP contribution < -0.4 is 5.32 Å². The van der Waals surface area contributed by atoms with Gasteiger partial charge in [0.15, 0.2) is 0 Å². The lowest BCUT2D eigenvalue weighted by atomic mass is 10.1. The fraction of sp³-hybridized carbons (Fsp3) is 0.909. The van der Waals surface area contributed by atoms with E-state index in [0.29, 0.717) is 6.54 Å². The van der Waals surface area contributed by atoms with Crippen LogP contribution in [0, 0.1) is 5.92 Å². The molecule has 0 aliphatic carbocycles. The lowest BCUT2D eigenvalue weighted by Gasteiger charge is -2.14. The zero-order valence-electron chi connectivity index (χ0n) is 9.55. The summed E-state index contributed by atoms with van der Waals surface area (Å²) < 4.78 is 0. The van der Waals surface area contributed by atoms with E-state index < -0.39 is 6.10 Å². The monoisotopic (exact) mass is 201 g/mol. The second-order valence-electron chi connectivity index (χ2n) is 3.88. The third kappa shape index (κ3) is 5.97. The molecule has 0 radical (unpaired) electrons. The van der Waals surface area contributed by atoms with E-state index in [9.17, 15) is 9.90 Å². The molecule has 1 amide bonds. The molecule has 0 saturated carbocycles. The Morgan fingerprint density at radius 3 is 2.36 bits per heavy atom. The lowest BCUT2D eigenvalue weighted by molar-refractivity contribution is -0.125. The predicted molar refractivity (Wildman–Crippen MR) is 58.0 cm³/mol. The van der Waals surface area contributed by atoms with Gasteiger partial charge in [-0.05, 0) is 12.8 Å². The number of amides is 1. The van der Waals surface area contributed by atoms with Gasteiger partial charge in [0, 0.05) is 12.5 Å². The summed E-state index contributed by atoms with van der Waals surface area (Å²) in [5.74, 6) is 0.121. The van der Waals surface area contributed by atoms with E-state index in [1.165, 1.54) is 0 Å². The molecular weight excluding hydrogens is 178 g/mol. The van der Waals surface area contributed by atoms with E-state index in [1.54, 1.807) is 0 Å². The van der Waals surface area contributed by atoms with Crippen LogP contribution in [0.3, 0.4) is 0 Å². The van der Waals surface area contributed by atoms with E-state index in [4.69, 9.17) is 0 Å². The van der Waals surface area contributed by atoms with Crippen LogP contribution in [0.2, 0.25) is 0 Å². The molecule has 0 fully saturated rings. The quantitative estimate of drug-likeness (QED) is 0.658. The average molecular weight is 201 g/mol. The molecule has 0 bridgehead atoms. The van der Waals surface area contributed by atoms with Crippen molar-refractivity contribution in [3.8, 4) is 0 Å². The second-order valence-corrected chi connectivity index (χ2v) is 3.88. The molecule has 0 rings (SSSR count). The summed E-state index contributed by atoms with van der Waals surface area (Å²) in [6, 6.07) is 0. The standard InChI is InChI=1S/C11H23NO2/c1-4-6-9(3)11(14)12-8-10(13)7-5-2/h9-10,13H,4-8H2,1-3H3,(H,12,14). The summed E-state index contributed by atoms with van der Waals surface area (Å²) in [7, 11) is 0. The predicted octanol–water partition coefficient (Wildman–Crippen LogP) is 1.70. The van der Waals surface area contributed by atoms with Crippen LogP contribution in [0.1, 0.15) is 46.5 Å². The van der Waals surface area contributed by atoms with Crippen LogP contribution in [0.25, 0.3) is 0 Å². The lowest BCUT2D eigenvalue weighted by Crippen LogP contribution is -2.35. The van der Waals surface area contributed by atoms with Gasteiger partial charge in [0.1, 0.15) is 0 Å². The highest BCUT2D eigenvalue weighted by Gasteiger charge is 2.12. The fourth-order valence-corrected chi connectivity index (χ4v) is 1.39. The molecule has 0 aromatic carbocycles. The normalized spacial score (nSPS) is 14.9. The van der Waals surface area contributed by atoms with Crippen molar-refractivity contribution in [3.05, 3.63) is 0 Å². The highest BCUT2D eigenvalue weighted by Crippen LogP contribution is 2.04. The molecule has 0 spiro atoms. The maximum Gasteiger partial charge on any atom is 0.222 e. The minimum Gasteiger partial charge on any atom is -0.391 e. The Bertz CT molecular complexity index is 159. The zero-order chi connectivity index (χ0) is 11.0. The number of hydrogen-bond donors (Lipinski definition) is 2. The third-order valence-corrected chi connectivity index (χ3v) is 2.30. The first-order chi connectivity index (χ1) is 6.61. The minimum atomic E-state index is -0.391. The molecule has 0 saturated heterocycles. The van der Waals surface area contributed by atoms with Crippen molar-refractivity contribution >= 4 is 5.91 Å². The van der Waals surface area contributed by atoms with E-state index in [1.807, 2.05) is 13.8 Å². The van der Waals surface area contributed by atoms with Crippen LogP contribution in [0.5, 0.6) is 0 Å². The SMILES string of the molecule is CCCC(O)CNC(=O)C(C)CCC. The molecule has 0 aromatic rings. The number of carbonyl (C=O) groups excluding carboxylic acids is 1. The topological polar surface area (TPSA) is 49.3 Å². The highest BCUT2D eigenvalue weighted by atomic mass is 16.3. The first-order valence-corrected chi connectivity index (χ1v) is 5.57. The molecule has 84 valence electrons. The van der Waals surface area contributed by atoms with Crippen molar-refractivity contribution in [2.75, 3.05) is 6.54 Å². The van der Waals surface area contributed by atoms with E-state index in [2.05, 4.69) is 12.2 Å². The summed E-state index contributed by atoms with van der Waals surface area (Å²) in [5.41, 5.74) is 0. The van der Waals surface area contributed by atoms with Gasteiger partial charge >= 0.3 is 0 Å². The van der Waals surface area contributed by atoms with Gasteiger partial charge in [-0.2, -0.15) is 0 Å². The van der Waals surface area contributed by atoms with Crippen molar-refractivity contribution in [2.24, 2.45) is 5.92 Å². The third-order valence-electron chi connectivity index (χ3n) is 2.30. The number of rotatable bonds is 7. The molecule has 0 aliphatic heterocycles. The fourth-order valence-electron chi connectivity index (χ4n) is 1.39. The van der Waals surface area contributed by atoms with E-state index >= 15 is 0 Å². The first kappa shape index (κ1) is 13.4. The van der Waals surface area contributed by atoms with Gasteiger partial charge in [-0.3, -0.25) is 4.79 Å². The molecular formula is C11H23NO2. The summed E-state index contributed by atoms with van der Waals surface area (Å²) in [6.45, 7) is 6.40. The van der Waals surface area contributed by atoms with Crippen molar-refractivity contribution in [2.45, 2.75) is 52.6 Å². The molecule has 0 aliphatic rings. The molecule has 3 heteroatoms. The largest absolute Gasteiger partial charge is 0.391 e. The molecule has 3 nitrogen and oxygen atoms in total. The van der Waals surface area contributed by atoms with E-state index in [-0.39, 0.29) is 11.8 Å². The van der Waals surface area contributed by atoms with E-state index in [0.717, 1.165) is 25.7 Å². The maximum atomic E-state index is 11.4. The maximum absolute atomic E-state index is 11.4. The van der Waals surface area contributed by atoms with Crippen molar-refractivity contribution in [1.29, 1.82) is 0 Å². The van der Waals surface area contributed by atoms with Gasteiger partial charge in [-0.1, -0.05) is 33.6 Å². The van der Waals surface area contributed by atoms with Gasteiger partial charge in [0.25, 0.3) is 0 Å². The van der Waals surface area contributed by atoms with Crippen molar-refractivity contribution < 1.29 is 9.90 Å². The average Bonchev–Trinajstić information content (AvgIpc) is 2.15. The molecule has 0 heterocycles. The van der Waals surface area contributed by atoms with Gasteiger partial charge in [-0.15, -0.1) is 0 Å². The smallest absolute Gasteiger partial charge is 0.222 e. The first-order valence-electron chi connectivity index (χ1n) is 5.57. The molecule has 2 unspecified atom stereocenters. The Hall–Kier alpha value is -0.570. The second kappa shape index (κ2) is 7.80. The minimum absolute atomic E-state index is 0.0574. The van der Waals surface area contributed by atoms with Crippen LogP contribution in [-0.4, -0.2) is 23.7 Å². The summed E-state index contributed by atoms with van der Waals surface area (Å²) in [4.78, 5) is 11.4. The number of carbonyl (C=O) groups is 1. The Morgan fingerprint density at radius 2 is 1.86 bits per heavy atom. The Labute approximate surface area is 86.9 Å². The summed E-state index contributed by atoms with van der Waals surface area (Å²) in [5, 5.41) is 12.2. The molecule has 2 N–H and O–H groups in total. The molecule has 0 aromatic heterocycles. The number of hydrogen-bond acceptors (Lipinski definition) is 2. The van der Waals surface area contributed by atoms with Gasteiger partial charge < -0.3 is 10.4 Å². The van der Waals surface area contributed by atoms with Gasteiger partial charge in [-0.25, -0.2) is 0 Å². The van der Waals surface area contributed by atoms with Crippen molar-refractivity contribution in [3.63, 3.8) is 0 Å². The van der Waals surface area contributed by atoms with Gasteiger partial charge in [0.2, 0.25) is 5.91 Å². The molecule has 2 atom stereocenters. The Morgan fingerprint density at radius 1 is 1.29 bits per heavy atom. The Balaban J connectivity index is 3.61. The summed E-state index contributed by atoms with van der Waals surface area (Å²) in [6.07, 6.45) is 3.24. The summed E-state index contributed by atoms with van der Waals surface area (Å²) >= 11 is 0. The van der Waals surface area contributed by atoms with Gasteiger partial charge in [0.05, 0.1) is 6.10 Å².